The van der Waals surface area contributed by atoms with Crippen LogP contribution in [-0.2, 0) is 16.8 Å². The second-order valence-electron chi connectivity index (χ2n) is 8.07. The Balaban J connectivity index is 0.00000380. The van der Waals surface area contributed by atoms with E-state index in [9.17, 15) is 10.2 Å². The quantitative estimate of drug-likeness (QED) is 0.285. The van der Waals surface area contributed by atoms with Gasteiger partial charge in [0.05, 0.1) is 14.2 Å². The van der Waals surface area contributed by atoms with Crippen LogP contribution in [0.25, 0.3) is 0 Å². The maximum Gasteiger partial charge on any atom is 2.00 e. The number of nitrogens with zero attached hydrogens (tertiary/aromatic N) is 2. The molecule has 0 fully saturated rings. The molecule has 0 amide bonds. The molecule has 0 heterocycles. The van der Waals surface area contributed by atoms with Gasteiger partial charge in [0.2, 0.25) is 0 Å². The molecule has 4 aromatic carbocycles. The molecule has 37 heavy (non-hydrogen) atoms. The summed E-state index contributed by atoms with van der Waals surface area (Å²) in [5, 5.41) is 24.6. The number of ether oxygens (including phenoxy) is 2. The maximum atomic E-state index is 12.3. The van der Waals surface area contributed by atoms with Crippen molar-refractivity contribution in [3.05, 3.63) is 119 Å². The van der Waals surface area contributed by atoms with Crippen LogP contribution >= 0.6 is 0 Å². The fraction of sp³-hybridized carbons (Fsp3) is 0.133. The largest absolute Gasteiger partial charge is 2.00 e. The first-order valence-corrected chi connectivity index (χ1v) is 11.5. The first-order chi connectivity index (χ1) is 17.6. The van der Waals surface area contributed by atoms with E-state index in [1.54, 1.807) is 63.0 Å². The van der Waals surface area contributed by atoms with Gasteiger partial charge in [0, 0.05) is 12.4 Å². The number of benzene rings is 4. The second-order valence-corrected chi connectivity index (χ2v) is 8.07. The minimum absolute atomic E-state index is 0. The summed E-state index contributed by atoms with van der Waals surface area (Å²) in [6, 6.07) is 27.7. The summed E-state index contributed by atoms with van der Waals surface area (Å²) in [4.78, 5) is 9.69. The zero-order chi connectivity index (χ0) is 25.3. The molecule has 0 aliphatic heterocycles. The monoisotopic (exact) mass is 537 g/mol. The van der Waals surface area contributed by atoms with Gasteiger partial charge in [-0.1, -0.05) is 72.8 Å². The first-order valence-electron chi connectivity index (χ1n) is 11.5. The molecule has 189 valence electrons. The van der Waals surface area contributed by atoms with E-state index in [2.05, 4.69) is 0 Å². The molecular weight excluding hydrogens is 511 g/mol. The Morgan fingerprint density at radius 2 is 0.919 bits per heavy atom. The van der Waals surface area contributed by atoms with Gasteiger partial charge in [0.1, 0.15) is 23.6 Å². The molecule has 6 nitrogen and oxygen atoms in total. The summed E-state index contributed by atoms with van der Waals surface area (Å²) in [7, 11) is 3.22. The average molecular weight is 537 g/mol. The molecule has 4 aromatic rings. The molecule has 0 saturated heterocycles. The van der Waals surface area contributed by atoms with E-state index < -0.39 is 12.1 Å². The number of aliphatic imine (C=N–C) groups is 2. The van der Waals surface area contributed by atoms with Crippen molar-refractivity contribution in [2.75, 3.05) is 14.2 Å². The van der Waals surface area contributed by atoms with E-state index in [-0.39, 0.29) is 28.3 Å². The molecule has 0 saturated carbocycles. The molecule has 0 aliphatic rings. The summed E-state index contributed by atoms with van der Waals surface area (Å²) in [6.45, 7) is 0. The van der Waals surface area contributed by atoms with Crippen molar-refractivity contribution in [1.29, 1.82) is 0 Å². The topological polar surface area (TPSA) is 89.3 Å². The van der Waals surface area contributed by atoms with Crippen molar-refractivity contribution >= 4 is 12.4 Å². The Bertz CT molecular complexity index is 1230. The van der Waals surface area contributed by atoms with E-state index in [4.69, 9.17) is 19.5 Å². The summed E-state index contributed by atoms with van der Waals surface area (Å²) in [5.74, 6) is 1.21. The summed E-state index contributed by atoms with van der Waals surface area (Å²) >= 11 is 0. The fourth-order valence-corrected chi connectivity index (χ4v) is 3.80. The Morgan fingerprint density at radius 3 is 1.24 bits per heavy atom. The van der Waals surface area contributed by atoms with E-state index in [0.29, 0.717) is 11.1 Å². The molecule has 1 radical (unpaired) electrons. The molecular formula is C30H26CoN2O4. The van der Waals surface area contributed by atoms with Crippen LogP contribution in [0.3, 0.4) is 0 Å². The zero-order valence-electron chi connectivity index (χ0n) is 20.4. The minimum atomic E-state index is -0.487. The van der Waals surface area contributed by atoms with Gasteiger partial charge in [-0.2, -0.15) is 0 Å². The Morgan fingerprint density at radius 1 is 0.568 bits per heavy atom. The standard InChI is InChI=1S/C30H28N2O4.Co/c1-35-25-15-11-21(12-16-25)29(31-19-23-7-3-5-9-27(23)33)30(22-13-17-26(36-2)18-14-22)32-20-24-8-4-6-10-28(24)34;/h3-20,29-30,33-34H,1-2H3;/q;+2/p-2. The number of hydrogen-bond donors (Lipinski definition) is 0. The summed E-state index contributed by atoms with van der Waals surface area (Å²) in [6.07, 6.45) is 3.18. The van der Waals surface area contributed by atoms with Crippen LogP contribution in [-0.4, -0.2) is 26.6 Å². The van der Waals surface area contributed by atoms with E-state index >= 15 is 0 Å². The summed E-state index contributed by atoms with van der Waals surface area (Å²) < 4.78 is 10.7. The van der Waals surface area contributed by atoms with Crippen LogP contribution in [0.2, 0.25) is 0 Å². The van der Waals surface area contributed by atoms with Gasteiger partial charge in [-0.05, 0) is 46.5 Å². The van der Waals surface area contributed by atoms with Crippen LogP contribution in [0.1, 0.15) is 34.3 Å². The van der Waals surface area contributed by atoms with Gasteiger partial charge in [-0.15, -0.1) is 11.5 Å². The van der Waals surface area contributed by atoms with Crippen LogP contribution in [0.4, 0.5) is 0 Å². The first kappa shape index (κ1) is 27.5. The maximum absolute atomic E-state index is 12.3. The smallest absolute Gasteiger partial charge is 0.872 e. The van der Waals surface area contributed by atoms with E-state index in [0.717, 1.165) is 22.6 Å². The Hall–Kier alpha value is -4.07. The fourth-order valence-electron chi connectivity index (χ4n) is 3.80. The molecule has 0 bridgehead atoms. The normalized spacial score (nSPS) is 12.7. The van der Waals surface area contributed by atoms with Gasteiger partial charge >= 0.3 is 16.8 Å². The number of methoxy groups -OCH3 is 2. The van der Waals surface area contributed by atoms with Gasteiger partial charge < -0.3 is 19.7 Å². The van der Waals surface area contributed by atoms with Crippen molar-refractivity contribution < 1.29 is 36.5 Å². The van der Waals surface area contributed by atoms with Crippen LogP contribution in [0, 0.1) is 0 Å². The third-order valence-electron chi connectivity index (χ3n) is 5.80. The van der Waals surface area contributed by atoms with E-state index in [1.165, 1.54) is 12.1 Å². The van der Waals surface area contributed by atoms with Gasteiger partial charge in [0.15, 0.2) is 0 Å². The van der Waals surface area contributed by atoms with Gasteiger partial charge in [-0.3, -0.25) is 9.98 Å². The zero-order valence-corrected chi connectivity index (χ0v) is 21.4. The van der Waals surface area contributed by atoms with Crippen molar-refractivity contribution in [2.24, 2.45) is 9.98 Å². The van der Waals surface area contributed by atoms with Gasteiger partial charge in [-0.25, -0.2) is 0 Å². The van der Waals surface area contributed by atoms with Crippen LogP contribution in [0.15, 0.2) is 107 Å². The molecule has 7 heteroatoms. The predicted molar refractivity (Wildman–Crippen MR) is 138 cm³/mol. The van der Waals surface area contributed by atoms with E-state index in [1.807, 2.05) is 48.5 Å². The summed E-state index contributed by atoms with van der Waals surface area (Å²) in [5.41, 5.74) is 2.73. The van der Waals surface area contributed by atoms with Gasteiger partial charge in [0.25, 0.3) is 0 Å². The van der Waals surface area contributed by atoms with Crippen molar-refractivity contribution in [1.82, 2.24) is 0 Å². The molecule has 2 unspecified atom stereocenters. The van der Waals surface area contributed by atoms with Crippen LogP contribution in [0.5, 0.6) is 23.0 Å². The van der Waals surface area contributed by atoms with Crippen molar-refractivity contribution in [3.8, 4) is 23.0 Å². The Labute approximate surface area is 227 Å². The molecule has 0 aromatic heterocycles. The molecule has 2 atom stereocenters. The average Bonchev–Trinajstić information content (AvgIpc) is 2.92. The molecule has 0 spiro atoms. The predicted octanol–water partition coefficient (Wildman–Crippen LogP) is 4.87. The van der Waals surface area contributed by atoms with Crippen LogP contribution < -0.4 is 19.7 Å². The Kier molecular flexibility index (Phi) is 9.89. The number of rotatable bonds is 9. The third-order valence-corrected chi connectivity index (χ3v) is 5.80. The molecule has 0 aliphatic carbocycles. The van der Waals surface area contributed by atoms with Crippen molar-refractivity contribution in [3.63, 3.8) is 0 Å². The third kappa shape index (κ3) is 7.00. The second kappa shape index (κ2) is 13.3. The number of hydrogen-bond acceptors (Lipinski definition) is 6. The molecule has 4 rings (SSSR count). The SMILES string of the molecule is COc1ccc(C(N=Cc2ccccc2[O-])C(N=Cc2ccccc2[O-])c2ccc(OC)cc2)cc1.[Co+2]. The minimum Gasteiger partial charge on any atom is -0.872 e. The molecule has 0 N–H and O–H groups in total. The number of para-hydroxylation sites is 2. The van der Waals surface area contributed by atoms with Crippen molar-refractivity contribution in [2.45, 2.75) is 12.1 Å².